The summed E-state index contributed by atoms with van der Waals surface area (Å²) in [6.45, 7) is 11.3. The summed E-state index contributed by atoms with van der Waals surface area (Å²) in [4.78, 5) is 29.7. The van der Waals surface area contributed by atoms with Gasteiger partial charge in [-0.1, -0.05) is 62.2 Å². The molecule has 2 rings (SSSR count). The van der Waals surface area contributed by atoms with Crippen LogP contribution in [-0.2, 0) is 22.7 Å². The number of carbonyl (C=O) groups is 2. The van der Waals surface area contributed by atoms with Crippen LogP contribution in [-0.4, -0.2) is 45.8 Å². The van der Waals surface area contributed by atoms with Crippen LogP contribution in [0.15, 0.2) is 47.1 Å². The number of aromatic nitrogens is 1. The van der Waals surface area contributed by atoms with Gasteiger partial charge in [0, 0.05) is 42.4 Å². The highest BCUT2D eigenvalue weighted by Gasteiger charge is 2.22. The van der Waals surface area contributed by atoms with Crippen molar-refractivity contribution in [3.63, 3.8) is 0 Å². The molecule has 33 heavy (non-hydrogen) atoms. The summed E-state index contributed by atoms with van der Waals surface area (Å²) in [5.41, 5.74) is 2.32. The molecule has 0 bridgehead atoms. The molecule has 1 aromatic heterocycles. The number of benzene rings is 1. The van der Waals surface area contributed by atoms with Crippen molar-refractivity contribution in [1.82, 2.24) is 14.4 Å². The fourth-order valence-electron chi connectivity index (χ4n) is 3.71. The van der Waals surface area contributed by atoms with Gasteiger partial charge in [0.25, 0.3) is 0 Å². The van der Waals surface area contributed by atoms with E-state index in [1.165, 1.54) is 5.56 Å². The van der Waals surface area contributed by atoms with Gasteiger partial charge in [0.2, 0.25) is 11.8 Å². The summed E-state index contributed by atoms with van der Waals surface area (Å²) < 4.78 is 3.27. The predicted molar refractivity (Wildman–Crippen MR) is 139 cm³/mol. The number of nitrogens with zero attached hydrogens (tertiary/aromatic N) is 3. The lowest BCUT2D eigenvalue weighted by molar-refractivity contribution is -0.141. The maximum Gasteiger partial charge on any atom is 0.242 e. The maximum atomic E-state index is 13.4. The van der Waals surface area contributed by atoms with Gasteiger partial charge in [-0.3, -0.25) is 9.59 Å². The second-order valence-corrected chi connectivity index (χ2v) is 10.1. The highest BCUT2D eigenvalue weighted by Crippen LogP contribution is 2.15. The molecule has 1 heterocycles. The smallest absolute Gasteiger partial charge is 0.242 e. The van der Waals surface area contributed by atoms with Crippen LogP contribution in [0.5, 0.6) is 0 Å². The van der Waals surface area contributed by atoms with Crippen LogP contribution in [0.25, 0.3) is 0 Å². The Hall–Kier alpha value is -2.08. The Balaban J connectivity index is 2.13. The Kier molecular flexibility index (Phi) is 11.7. The summed E-state index contributed by atoms with van der Waals surface area (Å²) in [6.07, 6.45) is 6.25. The molecule has 0 radical (unpaired) electrons. The molecule has 6 heteroatoms. The van der Waals surface area contributed by atoms with E-state index in [-0.39, 0.29) is 18.4 Å². The monoisotopic (exact) mass is 517 g/mol. The van der Waals surface area contributed by atoms with E-state index in [0.29, 0.717) is 32.0 Å². The molecular formula is C27H40BrN3O2. The van der Waals surface area contributed by atoms with Crippen molar-refractivity contribution in [1.29, 1.82) is 0 Å². The van der Waals surface area contributed by atoms with E-state index in [2.05, 4.69) is 77.8 Å². The predicted octanol–water partition coefficient (Wildman–Crippen LogP) is 6.10. The first-order chi connectivity index (χ1) is 15.8. The Bertz CT molecular complexity index is 861. The minimum absolute atomic E-state index is 0.0352. The molecule has 0 aliphatic heterocycles. The summed E-state index contributed by atoms with van der Waals surface area (Å²) in [6, 6.07) is 12.4. The lowest BCUT2D eigenvalue weighted by Gasteiger charge is -2.28. The first-order valence-electron chi connectivity index (χ1n) is 12.3. The second kappa shape index (κ2) is 14.2. The van der Waals surface area contributed by atoms with E-state index in [1.807, 2.05) is 17.9 Å². The van der Waals surface area contributed by atoms with Gasteiger partial charge in [0.05, 0.1) is 13.1 Å². The normalized spacial score (nSPS) is 11.1. The van der Waals surface area contributed by atoms with Crippen molar-refractivity contribution in [2.45, 2.75) is 72.9 Å². The van der Waals surface area contributed by atoms with Gasteiger partial charge in [-0.2, -0.15) is 0 Å². The lowest BCUT2D eigenvalue weighted by Crippen LogP contribution is -2.43. The number of amides is 2. The van der Waals surface area contributed by atoms with E-state index < -0.39 is 0 Å². The van der Waals surface area contributed by atoms with E-state index in [4.69, 9.17) is 0 Å². The molecule has 0 unspecified atom stereocenters. The molecule has 0 N–H and O–H groups in total. The second-order valence-electron chi connectivity index (χ2n) is 9.17. The Morgan fingerprint density at radius 2 is 1.70 bits per heavy atom. The Labute approximate surface area is 208 Å². The van der Waals surface area contributed by atoms with Crippen LogP contribution >= 0.6 is 15.9 Å². The number of carbonyl (C=O) groups excluding carboxylic acids is 2. The minimum atomic E-state index is 0.0352. The number of hydrogen-bond donors (Lipinski definition) is 0. The van der Waals surface area contributed by atoms with Crippen LogP contribution in [0, 0.1) is 5.92 Å². The van der Waals surface area contributed by atoms with E-state index in [9.17, 15) is 9.59 Å². The first-order valence-corrected chi connectivity index (χ1v) is 13.1. The molecule has 0 spiro atoms. The van der Waals surface area contributed by atoms with Crippen molar-refractivity contribution in [2.75, 3.05) is 19.6 Å². The van der Waals surface area contributed by atoms with Crippen LogP contribution in [0.3, 0.4) is 0 Å². The zero-order valence-electron chi connectivity index (χ0n) is 20.7. The molecule has 0 aliphatic carbocycles. The van der Waals surface area contributed by atoms with Gasteiger partial charge in [0.15, 0.2) is 0 Å². The highest BCUT2D eigenvalue weighted by molar-refractivity contribution is 9.10. The number of hydrogen-bond acceptors (Lipinski definition) is 2. The number of halogens is 1. The van der Waals surface area contributed by atoms with Gasteiger partial charge < -0.3 is 14.4 Å². The molecular weight excluding hydrogens is 478 g/mol. The summed E-state index contributed by atoms with van der Waals surface area (Å²) in [5, 5.41) is 0. The first kappa shape index (κ1) is 27.2. The SMILES string of the molecule is CCCCN(Cc1cccn1Cc1ccc(Br)cc1)C(=O)CN(CCC(C)C)C(=O)CCC. The third-order valence-corrected chi connectivity index (χ3v) is 6.32. The molecule has 0 aliphatic rings. The quantitative estimate of drug-likeness (QED) is 0.303. The van der Waals surface area contributed by atoms with Crippen molar-refractivity contribution < 1.29 is 9.59 Å². The average Bonchev–Trinajstić information content (AvgIpc) is 3.21. The average molecular weight is 519 g/mol. The molecule has 2 aromatic rings. The molecule has 0 atom stereocenters. The summed E-state index contributed by atoms with van der Waals surface area (Å²) in [5.74, 6) is 0.615. The van der Waals surface area contributed by atoms with Gasteiger partial charge in [-0.25, -0.2) is 0 Å². The highest BCUT2D eigenvalue weighted by atomic mass is 79.9. The van der Waals surface area contributed by atoms with Crippen molar-refractivity contribution in [3.8, 4) is 0 Å². The van der Waals surface area contributed by atoms with E-state index in [1.54, 1.807) is 4.90 Å². The topological polar surface area (TPSA) is 45.6 Å². The summed E-state index contributed by atoms with van der Waals surface area (Å²) >= 11 is 3.49. The summed E-state index contributed by atoms with van der Waals surface area (Å²) in [7, 11) is 0. The zero-order chi connectivity index (χ0) is 24.2. The third-order valence-electron chi connectivity index (χ3n) is 5.80. The third kappa shape index (κ3) is 9.36. The van der Waals surface area contributed by atoms with Crippen LogP contribution < -0.4 is 0 Å². The fraction of sp³-hybridized carbons (Fsp3) is 0.556. The fourth-order valence-corrected chi connectivity index (χ4v) is 3.98. The van der Waals surface area contributed by atoms with Crippen LogP contribution in [0.1, 0.15) is 71.1 Å². The maximum absolute atomic E-state index is 13.4. The van der Waals surface area contributed by atoms with Gasteiger partial charge >= 0.3 is 0 Å². The van der Waals surface area contributed by atoms with Crippen molar-refractivity contribution in [2.24, 2.45) is 5.92 Å². The van der Waals surface area contributed by atoms with Crippen LogP contribution in [0.4, 0.5) is 0 Å². The molecule has 1 aromatic carbocycles. The number of unbranched alkanes of at least 4 members (excludes halogenated alkanes) is 1. The van der Waals surface area contributed by atoms with E-state index in [0.717, 1.165) is 42.4 Å². The lowest BCUT2D eigenvalue weighted by atomic mass is 10.1. The van der Waals surface area contributed by atoms with Gasteiger partial charge in [-0.15, -0.1) is 0 Å². The molecule has 182 valence electrons. The molecule has 2 amide bonds. The zero-order valence-corrected chi connectivity index (χ0v) is 22.3. The molecule has 0 saturated heterocycles. The Morgan fingerprint density at radius 1 is 0.970 bits per heavy atom. The van der Waals surface area contributed by atoms with Crippen LogP contribution in [0.2, 0.25) is 0 Å². The number of rotatable bonds is 14. The standard InChI is InChI=1S/C27H40BrN3O2/c1-5-7-16-30(27(33)21-31(18-15-22(3)4)26(32)9-6-2)20-25-10-8-17-29(25)19-23-11-13-24(28)14-12-23/h8,10-14,17,22H,5-7,9,15-16,18-21H2,1-4H3. The minimum Gasteiger partial charge on any atom is -0.345 e. The molecule has 0 fully saturated rings. The van der Waals surface area contributed by atoms with Crippen molar-refractivity contribution >= 4 is 27.7 Å². The van der Waals surface area contributed by atoms with Gasteiger partial charge in [0.1, 0.15) is 0 Å². The largest absolute Gasteiger partial charge is 0.345 e. The van der Waals surface area contributed by atoms with Crippen molar-refractivity contribution in [3.05, 3.63) is 58.3 Å². The van der Waals surface area contributed by atoms with Gasteiger partial charge in [-0.05, 0) is 55.0 Å². The molecule has 5 nitrogen and oxygen atoms in total. The Morgan fingerprint density at radius 3 is 2.33 bits per heavy atom. The van der Waals surface area contributed by atoms with E-state index >= 15 is 0 Å². The molecule has 0 saturated carbocycles.